The van der Waals surface area contributed by atoms with Gasteiger partial charge in [-0.2, -0.15) is 0 Å². The van der Waals surface area contributed by atoms with Crippen LogP contribution in [0.1, 0.15) is 67.1 Å². The number of hydrogen-bond acceptors (Lipinski definition) is 3. The van der Waals surface area contributed by atoms with E-state index in [1.165, 1.54) is 16.0 Å². The van der Waals surface area contributed by atoms with Crippen molar-refractivity contribution < 1.29 is 4.79 Å². The van der Waals surface area contributed by atoms with Crippen molar-refractivity contribution in [3.63, 3.8) is 0 Å². The fourth-order valence-electron chi connectivity index (χ4n) is 3.56. The molecule has 3 nitrogen and oxygen atoms in total. The summed E-state index contributed by atoms with van der Waals surface area (Å²) in [5.74, 6) is 0.678. The zero-order chi connectivity index (χ0) is 20.8. The van der Waals surface area contributed by atoms with Crippen molar-refractivity contribution in [2.24, 2.45) is 0 Å². The smallest absolute Gasteiger partial charge is 0.238 e. The second kappa shape index (κ2) is 9.86. The summed E-state index contributed by atoms with van der Waals surface area (Å²) in [5, 5.41) is 8.72. The van der Waals surface area contributed by atoms with E-state index in [0.717, 1.165) is 11.3 Å². The van der Waals surface area contributed by atoms with Crippen LogP contribution < -0.4 is 10.6 Å². The summed E-state index contributed by atoms with van der Waals surface area (Å²) < 4.78 is 0. The van der Waals surface area contributed by atoms with Crippen LogP contribution in [0.5, 0.6) is 0 Å². The molecular weight excluding hydrogens is 376 g/mol. The minimum absolute atomic E-state index is 0.00635. The molecule has 0 fully saturated rings. The number of para-hydroxylation sites is 1. The van der Waals surface area contributed by atoms with Gasteiger partial charge in [-0.1, -0.05) is 82.3 Å². The Bertz CT molecular complexity index is 891. The van der Waals surface area contributed by atoms with Crippen LogP contribution in [0.4, 0.5) is 5.69 Å². The standard InChI is InChI=1S/C25H30N2OS/c1-17(2)20-12-8-13-21(18(3)4)25(20)27-23(28)16-26-24(22-14-9-15-29-22)19-10-6-5-7-11-19/h5-15,17-18,24,26H,16H2,1-4H3,(H,27,28). The van der Waals surface area contributed by atoms with Crippen molar-refractivity contribution in [3.8, 4) is 0 Å². The van der Waals surface area contributed by atoms with Crippen LogP contribution >= 0.6 is 11.3 Å². The van der Waals surface area contributed by atoms with Gasteiger partial charge in [0.2, 0.25) is 5.91 Å². The minimum Gasteiger partial charge on any atom is -0.324 e. The molecule has 0 aliphatic carbocycles. The van der Waals surface area contributed by atoms with Gasteiger partial charge in [0.05, 0.1) is 12.6 Å². The second-order valence-electron chi connectivity index (χ2n) is 7.91. The SMILES string of the molecule is CC(C)c1cccc(C(C)C)c1NC(=O)CNC(c1ccccc1)c1cccs1. The maximum Gasteiger partial charge on any atom is 0.238 e. The van der Waals surface area contributed by atoms with Crippen molar-refractivity contribution in [2.45, 2.75) is 45.6 Å². The van der Waals surface area contributed by atoms with Gasteiger partial charge in [-0.15, -0.1) is 11.3 Å². The number of rotatable bonds is 8. The molecule has 1 heterocycles. The summed E-state index contributed by atoms with van der Waals surface area (Å²) in [4.78, 5) is 14.1. The molecule has 0 radical (unpaired) electrons. The number of hydrogen-bond donors (Lipinski definition) is 2. The minimum atomic E-state index is -0.0162. The number of anilines is 1. The maximum absolute atomic E-state index is 12.9. The fraction of sp³-hybridized carbons (Fsp3) is 0.320. The molecular formula is C25H30N2OS. The zero-order valence-electron chi connectivity index (χ0n) is 17.6. The molecule has 2 aromatic carbocycles. The lowest BCUT2D eigenvalue weighted by atomic mass is 9.92. The van der Waals surface area contributed by atoms with E-state index in [-0.39, 0.29) is 18.5 Å². The largest absolute Gasteiger partial charge is 0.324 e. The molecule has 0 aliphatic heterocycles. The lowest BCUT2D eigenvalue weighted by molar-refractivity contribution is -0.115. The quantitative estimate of drug-likeness (QED) is 0.460. The van der Waals surface area contributed by atoms with Crippen molar-refractivity contribution in [1.29, 1.82) is 0 Å². The highest BCUT2D eigenvalue weighted by molar-refractivity contribution is 7.10. The van der Waals surface area contributed by atoms with Crippen molar-refractivity contribution in [1.82, 2.24) is 5.32 Å². The van der Waals surface area contributed by atoms with Gasteiger partial charge in [0.15, 0.2) is 0 Å². The van der Waals surface area contributed by atoms with Crippen molar-refractivity contribution in [3.05, 3.63) is 87.6 Å². The van der Waals surface area contributed by atoms with Crippen molar-refractivity contribution in [2.75, 3.05) is 11.9 Å². The molecule has 1 amide bonds. The fourth-order valence-corrected chi connectivity index (χ4v) is 4.38. The Kier molecular flexibility index (Phi) is 7.24. The highest BCUT2D eigenvalue weighted by Gasteiger charge is 2.18. The van der Waals surface area contributed by atoms with Crippen LogP contribution in [0.15, 0.2) is 66.0 Å². The second-order valence-corrected chi connectivity index (χ2v) is 8.89. The molecule has 3 aromatic rings. The third kappa shape index (κ3) is 5.34. The molecule has 1 aromatic heterocycles. The van der Waals surface area contributed by atoms with Gasteiger partial charge in [-0.25, -0.2) is 0 Å². The highest BCUT2D eigenvalue weighted by Crippen LogP contribution is 2.32. The monoisotopic (exact) mass is 406 g/mol. The molecule has 0 saturated carbocycles. The molecule has 4 heteroatoms. The number of carbonyl (C=O) groups excluding carboxylic acids is 1. The Hall–Kier alpha value is -2.43. The number of benzene rings is 2. The predicted octanol–water partition coefficient (Wildman–Crippen LogP) is 6.31. The van der Waals surface area contributed by atoms with Crippen LogP contribution in [0, 0.1) is 0 Å². The summed E-state index contributed by atoms with van der Waals surface area (Å²) >= 11 is 1.70. The summed E-state index contributed by atoms with van der Waals surface area (Å²) in [6, 6.07) is 20.7. The Balaban J connectivity index is 1.77. The van der Waals surface area contributed by atoms with Crippen LogP contribution in [-0.2, 0) is 4.79 Å². The van der Waals surface area contributed by atoms with Gasteiger partial charge in [0, 0.05) is 10.6 Å². The van der Waals surface area contributed by atoms with E-state index in [4.69, 9.17) is 0 Å². The number of thiophene rings is 1. The van der Waals surface area contributed by atoms with Gasteiger partial charge >= 0.3 is 0 Å². The Morgan fingerprint density at radius 3 is 2.07 bits per heavy atom. The van der Waals surface area contributed by atoms with E-state index in [9.17, 15) is 4.79 Å². The lowest BCUT2D eigenvalue weighted by Gasteiger charge is -2.21. The van der Waals surface area contributed by atoms with Crippen LogP contribution in [0.25, 0.3) is 0 Å². The van der Waals surface area contributed by atoms with Gasteiger partial charge in [0.25, 0.3) is 0 Å². The molecule has 1 atom stereocenters. The first-order valence-corrected chi connectivity index (χ1v) is 11.1. The number of amides is 1. The third-order valence-corrected chi connectivity index (χ3v) is 6.00. The van der Waals surface area contributed by atoms with E-state index < -0.39 is 0 Å². The predicted molar refractivity (Wildman–Crippen MR) is 124 cm³/mol. The van der Waals surface area contributed by atoms with E-state index in [2.05, 4.69) is 80.1 Å². The van der Waals surface area contributed by atoms with Gasteiger partial charge in [-0.3, -0.25) is 10.1 Å². The highest BCUT2D eigenvalue weighted by atomic mass is 32.1. The Labute approximate surface area is 178 Å². The number of nitrogens with one attached hydrogen (secondary N) is 2. The molecule has 0 aliphatic rings. The number of carbonyl (C=O) groups is 1. The first kappa shape index (κ1) is 21.3. The van der Waals surface area contributed by atoms with E-state index >= 15 is 0 Å². The molecule has 2 N–H and O–H groups in total. The average Bonchev–Trinajstić information content (AvgIpc) is 3.23. The third-order valence-electron chi connectivity index (χ3n) is 5.06. The normalized spacial score (nSPS) is 12.3. The molecule has 29 heavy (non-hydrogen) atoms. The Morgan fingerprint density at radius 1 is 0.862 bits per heavy atom. The molecule has 0 bridgehead atoms. The van der Waals surface area contributed by atoms with Crippen LogP contribution in [-0.4, -0.2) is 12.5 Å². The average molecular weight is 407 g/mol. The van der Waals surface area contributed by atoms with Crippen molar-refractivity contribution >= 4 is 22.9 Å². The lowest BCUT2D eigenvalue weighted by Crippen LogP contribution is -2.32. The molecule has 0 spiro atoms. The summed E-state index contributed by atoms with van der Waals surface area (Å²) in [7, 11) is 0. The van der Waals surface area contributed by atoms with Gasteiger partial charge < -0.3 is 5.32 Å². The molecule has 152 valence electrons. The van der Waals surface area contributed by atoms with E-state index in [0.29, 0.717) is 11.8 Å². The summed E-state index contributed by atoms with van der Waals surface area (Å²) in [6.45, 7) is 8.90. The van der Waals surface area contributed by atoms with Gasteiger partial charge in [-0.05, 0) is 40.0 Å². The van der Waals surface area contributed by atoms with Gasteiger partial charge in [0.1, 0.15) is 0 Å². The van der Waals surface area contributed by atoms with Crippen LogP contribution in [0.3, 0.4) is 0 Å². The summed E-state index contributed by atoms with van der Waals surface area (Å²) in [6.07, 6.45) is 0. The first-order valence-electron chi connectivity index (χ1n) is 10.2. The topological polar surface area (TPSA) is 41.1 Å². The zero-order valence-corrected chi connectivity index (χ0v) is 18.4. The van der Waals surface area contributed by atoms with E-state index in [1.54, 1.807) is 11.3 Å². The molecule has 0 saturated heterocycles. The Morgan fingerprint density at radius 2 is 1.52 bits per heavy atom. The first-order chi connectivity index (χ1) is 14.0. The summed E-state index contributed by atoms with van der Waals surface area (Å²) in [5.41, 5.74) is 4.50. The van der Waals surface area contributed by atoms with Crippen LogP contribution in [0.2, 0.25) is 0 Å². The molecule has 3 rings (SSSR count). The van der Waals surface area contributed by atoms with E-state index in [1.807, 2.05) is 24.3 Å². The molecule has 1 unspecified atom stereocenters. The maximum atomic E-state index is 12.9.